The lowest BCUT2D eigenvalue weighted by Gasteiger charge is -2.20. The Kier molecular flexibility index (Phi) is 8.10. The first-order chi connectivity index (χ1) is 17.7. The van der Waals surface area contributed by atoms with Crippen LogP contribution < -0.4 is 10.1 Å². The van der Waals surface area contributed by atoms with Crippen LogP contribution in [0.15, 0.2) is 60.8 Å². The molecule has 1 heterocycles. The van der Waals surface area contributed by atoms with E-state index in [0.29, 0.717) is 40.9 Å². The molecule has 0 saturated heterocycles. The second-order valence-corrected chi connectivity index (χ2v) is 9.84. The molecule has 192 valence electrons. The molecule has 0 atom stereocenters. The Labute approximate surface area is 226 Å². The van der Waals surface area contributed by atoms with Crippen molar-refractivity contribution in [3.05, 3.63) is 93.1 Å². The summed E-state index contributed by atoms with van der Waals surface area (Å²) in [7, 11) is 0. The summed E-state index contributed by atoms with van der Waals surface area (Å²) in [6.45, 7) is 9.59. The van der Waals surface area contributed by atoms with Crippen molar-refractivity contribution in [3.8, 4) is 5.75 Å². The molecule has 0 unspecified atom stereocenters. The summed E-state index contributed by atoms with van der Waals surface area (Å²) in [5.41, 5.74) is 5.16. The Morgan fingerprint density at radius 1 is 0.919 bits per heavy atom. The van der Waals surface area contributed by atoms with E-state index in [-0.39, 0.29) is 5.75 Å². The van der Waals surface area contributed by atoms with E-state index in [9.17, 15) is 9.59 Å². The third-order valence-corrected chi connectivity index (χ3v) is 6.57. The van der Waals surface area contributed by atoms with Crippen LogP contribution in [0.2, 0.25) is 10.0 Å². The number of hydrogen-bond acceptors (Lipinski definition) is 3. The van der Waals surface area contributed by atoms with Gasteiger partial charge in [-0.05, 0) is 69.7 Å². The molecular weight excluding hydrogens is 509 g/mol. The molecule has 0 aliphatic heterocycles. The Morgan fingerprint density at radius 3 is 2.19 bits per heavy atom. The monoisotopic (exact) mass is 537 g/mol. The smallest absolute Gasteiger partial charge is 0.408 e. The summed E-state index contributed by atoms with van der Waals surface area (Å²) in [6, 6.07) is 16.6. The summed E-state index contributed by atoms with van der Waals surface area (Å²) in [5.74, 6) is -0.158. The average molecular weight is 538 g/mol. The van der Waals surface area contributed by atoms with Crippen LogP contribution >= 0.6 is 23.2 Å². The molecule has 6 nitrogen and oxygen atoms in total. The molecule has 3 aromatic carbocycles. The van der Waals surface area contributed by atoms with E-state index < -0.39 is 12.0 Å². The standard InChI is InChI=1S/C29H29Cl2N3O3/c1-5-33(6-2)29(36)37-26-8-7-25-24(9-10-34(25)17-20-12-18(3)11-19(4)13-20)27(26)32-28(35)21-14-22(30)16-23(31)15-21/h7-16H,5-6,17H2,1-4H3,(H,32,35). The highest BCUT2D eigenvalue weighted by Crippen LogP contribution is 2.35. The number of amides is 2. The van der Waals surface area contributed by atoms with Gasteiger partial charge in [-0.3, -0.25) is 4.79 Å². The quantitative estimate of drug-likeness (QED) is 0.262. The minimum atomic E-state index is -0.486. The number of halogens is 2. The molecule has 0 aliphatic rings. The Balaban J connectivity index is 1.76. The maximum absolute atomic E-state index is 13.2. The molecule has 1 N–H and O–H groups in total. The molecule has 0 aliphatic carbocycles. The number of aryl methyl sites for hydroxylation is 2. The van der Waals surface area contributed by atoms with Crippen LogP contribution in [0.4, 0.5) is 10.5 Å². The van der Waals surface area contributed by atoms with E-state index in [2.05, 4.69) is 41.9 Å². The second kappa shape index (κ2) is 11.3. The van der Waals surface area contributed by atoms with Crippen LogP contribution in [0.5, 0.6) is 5.75 Å². The Morgan fingerprint density at radius 2 is 1.57 bits per heavy atom. The van der Waals surface area contributed by atoms with Crippen molar-refractivity contribution in [3.63, 3.8) is 0 Å². The maximum Gasteiger partial charge on any atom is 0.415 e. The van der Waals surface area contributed by atoms with Gasteiger partial charge in [0.25, 0.3) is 5.91 Å². The first kappa shape index (κ1) is 26.6. The van der Waals surface area contributed by atoms with Crippen molar-refractivity contribution in [2.24, 2.45) is 0 Å². The molecule has 2 amide bonds. The van der Waals surface area contributed by atoms with Gasteiger partial charge in [-0.25, -0.2) is 4.79 Å². The van der Waals surface area contributed by atoms with Crippen LogP contribution in [0.3, 0.4) is 0 Å². The minimum Gasteiger partial charge on any atom is -0.408 e. The van der Waals surface area contributed by atoms with E-state index in [1.165, 1.54) is 28.8 Å². The second-order valence-electron chi connectivity index (χ2n) is 8.96. The van der Waals surface area contributed by atoms with Crippen LogP contribution in [0, 0.1) is 13.8 Å². The maximum atomic E-state index is 13.2. The summed E-state index contributed by atoms with van der Waals surface area (Å²) in [4.78, 5) is 27.6. The number of hydrogen-bond donors (Lipinski definition) is 1. The van der Waals surface area contributed by atoms with Gasteiger partial charge < -0.3 is 19.5 Å². The molecule has 8 heteroatoms. The van der Waals surface area contributed by atoms with Gasteiger partial charge in [-0.15, -0.1) is 0 Å². The third kappa shape index (κ3) is 6.09. The normalized spacial score (nSPS) is 11.0. The number of carbonyl (C=O) groups is 2. The average Bonchev–Trinajstić information content (AvgIpc) is 3.22. The molecule has 0 spiro atoms. The molecule has 4 aromatic rings. The molecule has 37 heavy (non-hydrogen) atoms. The predicted octanol–water partition coefficient (Wildman–Crippen LogP) is 7.71. The minimum absolute atomic E-state index is 0.259. The summed E-state index contributed by atoms with van der Waals surface area (Å²) >= 11 is 12.2. The van der Waals surface area contributed by atoms with Gasteiger partial charge in [0.1, 0.15) is 0 Å². The van der Waals surface area contributed by atoms with Gasteiger partial charge in [0.05, 0.1) is 11.2 Å². The zero-order valence-electron chi connectivity index (χ0n) is 21.3. The number of benzene rings is 3. The van der Waals surface area contributed by atoms with Crippen molar-refractivity contribution in [2.45, 2.75) is 34.2 Å². The highest BCUT2D eigenvalue weighted by molar-refractivity contribution is 6.35. The summed E-state index contributed by atoms with van der Waals surface area (Å²) in [6.07, 6.45) is 1.48. The van der Waals surface area contributed by atoms with Crippen molar-refractivity contribution < 1.29 is 14.3 Å². The summed E-state index contributed by atoms with van der Waals surface area (Å²) in [5, 5.41) is 4.38. The van der Waals surface area contributed by atoms with Gasteiger partial charge in [-0.2, -0.15) is 0 Å². The summed E-state index contributed by atoms with van der Waals surface area (Å²) < 4.78 is 7.85. The van der Waals surface area contributed by atoms with E-state index >= 15 is 0 Å². The highest BCUT2D eigenvalue weighted by Gasteiger charge is 2.20. The number of carbonyl (C=O) groups excluding carboxylic acids is 2. The molecular formula is C29H29Cl2N3O3. The lowest BCUT2D eigenvalue weighted by Crippen LogP contribution is -2.33. The SMILES string of the molecule is CCN(CC)C(=O)Oc1ccc2c(ccn2Cc2cc(C)cc(C)c2)c1NC(=O)c1cc(Cl)cc(Cl)c1. The zero-order chi connectivity index (χ0) is 26.7. The van der Waals surface area contributed by atoms with Crippen LogP contribution in [0.1, 0.15) is 40.9 Å². The topological polar surface area (TPSA) is 63.6 Å². The van der Waals surface area contributed by atoms with Gasteiger partial charge in [-0.1, -0.05) is 52.5 Å². The van der Waals surface area contributed by atoms with E-state index in [1.807, 2.05) is 32.2 Å². The van der Waals surface area contributed by atoms with Crippen molar-refractivity contribution >= 4 is 51.8 Å². The molecule has 0 fully saturated rings. The predicted molar refractivity (Wildman–Crippen MR) is 150 cm³/mol. The molecule has 0 radical (unpaired) electrons. The van der Waals surface area contributed by atoms with Gasteiger partial charge >= 0.3 is 6.09 Å². The van der Waals surface area contributed by atoms with Crippen molar-refractivity contribution in [1.29, 1.82) is 0 Å². The third-order valence-electron chi connectivity index (χ3n) is 6.13. The van der Waals surface area contributed by atoms with E-state index in [4.69, 9.17) is 27.9 Å². The van der Waals surface area contributed by atoms with Crippen molar-refractivity contribution in [2.75, 3.05) is 18.4 Å². The van der Waals surface area contributed by atoms with Gasteiger partial charge in [0.2, 0.25) is 0 Å². The van der Waals surface area contributed by atoms with Crippen LogP contribution in [0.25, 0.3) is 10.9 Å². The number of rotatable bonds is 7. The molecule has 4 rings (SSSR count). The van der Waals surface area contributed by atoms with Crippen LogP contribution in [-0.2, 0) is 6.54 Å². The lowest BCUT2D eigenvalue weighted by molar-refractivity contribution is 0.102. The van der Waals surface area contributed by atoms with Crippen LogP contribution in [-0.4, -0.2) is 34.6 Å². The zero-order valence-corrected chi connectivity index (χ0v) is 22.8. The van der Waals surface area contributed by atoms with Crippen molar-refractivity contribution in [1.82, 2.24) is 9.47 Å². The van der Waals surface area contributed by atoms with E-state index in [1.54, 1.807) is 17.0 Å². The fourth-order valence-corrected chi connectivity index (χ4v) is 5.00. The number of nitrogens with one attached hydrogen (secondary N) is 1. The van der Waals surface area contributed by atoms with Gasteiger partial charge in [0.15, 0.2) is 5.75 Å². The molecule has 1 aromatic heterocycles. The first-order valence-electron chi connectivity index (χ1n) is 12.1. The molecule has 0 bridgehead atoms. The number of aromatic nitrogens is 1. The lowest BCUT2D eigenvalue weighted by atomic mass is 10.1. The van der Waals surface area contributed by atoms with Gasteiger partial charge in [0, 0.05) is 46.8 Å². The fraction of sp³-hybridized carbons (Fsp3) is 0.241. The first-order valence-corrected chi connectivity index (χ1v) is 12.9. The largest absolute Gasteiger partial charge is 0.415 e. The number of nitrogens with zero attached hydrogens (tertiary/aromatic N) is 2. The van der Waals surface area contributed by atoms with E-state index in [0.717, 1.165) is 10.9 Å². The number of ether oxygens (including phenoxy) is 1. The Bertz CT molecular complexity index is 1430. The fourth-order valence-electron chi connectivity index (χ4n) is 4.47. The number of fused-ring (bicyclic) bond motifs is 1. The molecule has 0 saturated carbocycles. The Hall–Kier alpha value is -3.48. The number of anilines is 1. The highest BCUT2D eigenvalue weighted by atomic mass is 35.5.